The van der Waals surface area contributed by atoms with E-state index in [2.05, 4.69) is 5.32 Å². The first-order chi connectivity index (χ1) is 12.4. The number of methoxy groups -OCH3 is 1. The SMILES string of the molecule is COc1ccc(CCC2(C)NC(=O)N(Cc3ccc(C)cc3)C2=O)cc1. The molecule has 3 amide bonds. The van der Waals surface area contributed by atoms with Gasteiger partial charge in [0, 0.05) is 0 Å². The van der Waals surface area contributed by atoms with Crippen LogP contribution in [0.5, 0.6) is 5.75 Å². The van der Waals surface area contributed by atoms with Gasteiger partial charge in [0.2, 0.25) is 0 Å². The predicted octanol–water partition coefficient (Wildman–Crippen LogP) is 3.45. The molecule has 1 atom stereocenters. The fourth-order valence-electron chi connectivity index (χ4n) is 3.12. The summed E-state index contributed by atoms with van der Waals surface area (Å²) in [5, 5.41) is 2.87. The van der Waals surface area contributed by atoms with Crippen LogP contribution in [0, 0.1) is 6.92 Å². The van der Waals surface area contributed by atoms with Crippen LogP contribution >= 0.6 is 0 Å². The van der Waals surface area contributed by atoms with Crippen molar-refractivity contribution in [1.82, 2.24) is 10.2 Å². The van der Waals surface area contributed by atoms with E-state index in [1.165, 1.54) is 4.90 Å². The van der Waals surface area contributed by atoms with Crippen LogP contribution in [0.2, 0.25) is 0 Å². The Labute approximate surface area is 154 Å². The van der Waals surface area contributed by atoms with Crippen LogP contribution in [0.4, 0.5) is 4.79 Å². The normalized spacial score (nSPS) is 19.6. The zero-order valence-corrected chi connectivity index (χ0v) is 15.4. The van der Waals surface area contributed by atoms with E-state index < -0.39 is 5.54 Å². The van der Waals surface area contributed by atoms with Gasteiger partial charge in [-0.3, -0.25) is 9.69 Å². The summed E-state index contributed by atoms with van der Waals surface area (Å²) >= 11 is 0. The summed E-state index contributed by atoms with van der Waals surface area (Å²) in [4.78, 5) is 26.5. The van der Waals surface area contributed by atoms with Crippen molar-refractivity contribution in [3.63, 3.8) is 0 Å². The second-order valence-electron chi connectivity index (χ2n) is 6.99. The van der Waals surface area contributed by atoms with Crippen LogP contribution in [0.25, 0.3) is 0 Å². The van der Waals surface area contributed by atoms with E-state index in [1.807, 2.05) is 55.5 Å². The minimum Gasteiger partial charge on any atom is -0.497 e. The molecular weight excluding hydrogens is 328 g/mol. The lowest BCUT2D eigenvalue weighted by molar-refractivity contribution is -0.131. The van der Waals surface area contributed by atoms with Gasteiger partial charge in [-0.2, -0.15) is 0 Å². The minimum atomic E-state index is -0.873. The van der Waals surface area contributed by atoms with Gasteiger partial charge in [0.25, 0.3) is 5.91 Å². The highest BCUT2D eigenvalue weighted by atomic mass is 16.5. The van der Waals surface area contributed by atoms with E-state index in [-0.39, 0.29) is 11.9 Å². The number of ether oxygens (including phenoxy) is 1. The Morgan fingerprint density at radius 1 is 1.00 bits per heavy atom. The molecule has 1 aliphatic rings. The summed E-state index contributed by atoms with van der Waals surface area (Å²) in [6, 6.07) is 15.3. The van der Waals surface area contributed by atoms with Crippen molar-refractivity contribution in [3.8, 4) is 5.75 Å². The molecule has 1 N–H and O–H groups in total. The third kappa shape index (κ3) is 3.72. The Bertz CT molecular complexity index is 799. The fourth-order valence-corrected chi connectivity index (χ4v) is 3.12. The number of imide groups is 1. The number of hydrogen-bond donors (Lipinski definition) is 1. The number of amides is 3. The van der Waals surface area contributed by atoms with Crippen LogP contribution in [-0.4, -0.2) is 29.5 Å². The first-order valence-corrected chi connectivity index (χ1v) is 8.74. The number of nitrogens with zero attached hydrogens (tertiary/aromatic N) is 1. The molecule has 26 heavy (non-hydrogen) atoms. The van der Waals surface area contributed by atoms with E-state index in [4.69, 9.17) is 4.74 Å². The lowest BCUT2D eigenvalue weighted by atomic mass is 9.93. The number of carbonyl (C=O) groups excluding carboxylic acids is 2. The molecule has 5 heteroatoms. The second-order valence-corrected chi connectivity index (χ2v) is 6.99. The molecule has 0 aliphatic carbocycles. The van der Waals surface area contributed by atoms with Crippen LogP contribution in [0.1, 0.15) is 30.0 Å². The maximum absolute atomic E-state index is 12.9. The average Bonchev–Trinajstić information content (AvgIpc) is 2.86. The van der Waals surface area contributed by atoms with Gasteiger partial charge in [0.1, 0.15) is 11.3 Å². The standard InChI is InChI=1S/C21H24N2O3/c1-15-4-6-17(7-5-15)14-23-19(24)21(2,22-20(23)25)13-12-16-8-10-18(26-3)11-9-16/h4-11H,12-14H2,1-3H3,(H,22,25). The third-order valence-electron chi connectivity index (χ3n) is 4.88. The van der Waals surface area contributed by atoms with Gasteiger partial charge in [-0.05, 0) is 49.9 Å². The zero-order chi connectivity index (χ0) is 18.7. The topological polar surface area (TPSA) is 58.6 Å². The Morgan fingerprint density at radius 3 is 2.23 bits per heavy atom. The molecule has 0 spiro atoms. The molecule has 5 nitrogen and oxygen atoms in total. The van der Waals surface area contributed by atoms with Crippen LogP contribution in [0.15, 0.2) is 48.5 Å². The van der Waals surface area contributed by atoms with Crippen molar-refractivity contribution in [1.29, 1.82) is 0 Å². The summed E-state index contributed by atoms with van der Waals surface area (Å²) in [5.74, 6) is 0.631. The summed E-state index contributed by atoms with van der Waals surface area (Å²) < 4.78 is 5.16. The van der Waals surface area contributed by atoms with E-state index in [9.17, 15) is 9.59 Å². The number of aryl methyl sites for hydroxylation is 2. The van der Waals surface area contributed by atoms with Crippen molar-refractivity contribution < 1.29 is 14.3 Å². The molecule has 2 aromatic rings. The van der Waals surface area contributed by atoms with Crippen LogP contribution < -0.4 is 10.1 Å². The lowest BCUT2D eigenvalue weighted by Gasteiger charge is -2.21. The van der Waals surface area contributed by atoms with Crippen molar-refractivity contribution in [2.75, 3.05) is 7.11 Å². The molecule has 0 bridgehead atoms. The van der Waals surface area contributed by atoms with Crippen molar-refractivity contribution in [2.24, 2.45) is 0 Å². The van der Waals surface area contributed by atoms with Crippen LogP contribution in [0.3, 0.4) is 0 Å². The number of carbonyl (C=O) groups is 2. The second kappa shape index (κ2) is 7.20. The molecule has 136 valence electrons. The Kier molecular flexibility index (Phi) is 4.98. The predicted molar refractivity (Wildman–Crippen MR) is 100.0 cm³/mol. The fraction of sp³-hybridized carbons (Fsp3) is 0.333. The molecule has 1 heterocycles. The molecule has 1 aliphatic heterocycles. The molecule has 2 aromatic carbocycles. The first-order valence-electron chi connectivity index (χ1n) is 8.74. The zero-order valence-electron chi connectivity index (χ0n) is 15.4. The molecule has 1 fully saturated rings. The number of nitrogens with one attached hydrogen (secondary N) is 1. The molecule has 0 aromatic heterocycles. The molecular formula is C21H24N2O3. The van der Waals surface area contributed by atoms with Crippen molar-refractivity contribution in [3.05, 3.63) is 65.2 Å². The number of rotatable bonds is 6. The van der Waals surface area contributed by atoms with E-state index >= 15 is 0 Å². The van der Waals surface area contributed by atoms with E-state index in [0.717, 1.165) is 22.4 Å². The third-order valence-corrected chi connectivity index (χ3v) is 4.88. The van der Waals surface area contributed by atoms with E-state index in [1.54, 1.807) is 14.0 Å². The Morgan fingerprint density at radius 2 is 1.62 bits per heavy atom. The highest BCUT2D eigenvalue weighted by Gasteiger charge is 2.47. The molecule has 0 saturated carbocycles. The van der Waals surface area contributed by atoms with Crippen molar-refractivity contribution in [2.45, 2.75) is 38.8 Å². The van der Waals surface area contributed by atoms with Gasteiger partial charge in [0.05, 0.1) is 13.7 Å². The monoisotopic (exact) mass is 352 g/mol. The lowest BCUT2D eigenvalue weighted by Crippen LogP contribution is -2.44. The van der Waals surface area contributed by atoms with Gasteiger partial charge in [-0.25, -0.2) is 4.79 Å². The Hall–Kier alpha value is -2.82. The molecule has 3 rings (SSSR count). The minimum absolute atomic E-state index is 0.170. The van der Waals surface area contributed by atoms with Gasteiger partial charge >= 0.3 is 6.03 Å². The molecule has 0 radical (unpaired) electrons. The van der Waals surface area contributed by atoms with E-state index in [0.29, 0.717) is 19.4 Å². The van der Waals surface area contributed by atoms with Gasteiger partial charge in [-0.1, -0.05) is 42.0 Å². The number of benzene rings is 2. The quantitative estimate of drug-likeness (QED) is 0.810. The summed E-state index contributed by atoms with van der Waals surface area (Å²) in [6.45, 7) is 4.10. The summed E-state index contributed by atoms with van der Waals surface area (Å²) in [6.07, 6.45) is 1.25. The average molecular weight is 352 g/mol. The molecule has 1 saturated heterocycles. The summed E-state index contributed by atoms with van der Waals surface area (Å²) in [5.41, 5.74) is 2.32. The van der Waals surface area contributed by atoms with Gasteiger partial charge in [0.15, 0.2) is 0 Å². The number of urea groups is 1. The van der Waals surface area contributed by atoms with Gasteiger partial charge in [-0.15, -0.1) is 0 Å². The largest absolute Gasteiger partial charge is 0.497 e. The van der Waals surface area contributed by atoms with Gasteiger partial charge < -0.3 is 10.1 Å². The summed E-state index contributed by atoms with van der Waals surface area (Å²) in [7, 11) is 1.63. The maximum atomic E-state index is 12.9. The van der Waals surface area contributed by atoms with Crippen LogP contribution in [-0.2, 0) is 17.8 Å². The van der Waals surface area contributed by atoms with Crippen molar-refractivity contribution >= 4 is 11.9 Å². The smallest absolute Gasteiger partial charge is 0.325 e. The highest BCUT2D eigenvalue weighted by molar-refractivity contribution is 6.06. The number of hydrogen-bond acceptors (Lipinski definition) is 3. The first kappa shape index (κ1) is 18.0. The Balaban J connectivity index is 1.66. The highest BCUT2D eigenvalue weighted by Crippen LogP contribution is 2.25. The molecule has 1 unspecified atom stereocenters. The maximum Gasteiger partial charge on any atom is 0.325 e.